The molecule has 4 aromatic rings. The Labute approximate surface area is 182 Å². The van der Waals surface area contributed by atoms with E-state index in [1.807, 2.05) is 0 Å². The number of aromatic nitrogens is 2. The summed E-state index contributed by atoms with van der Waals surface area (Å²) in [5.41, 5.74) is 2.06. The van der Waals surface area contributed by atoms with Crippen LogP contribution in [-0.2, 0) is 11.5 Å². The topological polar surface area (TPSA) is 103 Å². The average molecular weight is 435 g/mol. The third kappa shape index (κ3) is 4.64. The molecule has 4 rings (SSSR count). The number of carbonyl (C=O) groups is 1. The van der Waals surface area contributed by atoms with Crippen molar-refractivity contribution in [1.82, 2.24) is 9.97 Å². The Morgan fingerprint density at radius 2 is 1.78 bits per heavy atom. The second kappa shape index (κ2) is 9.38. The summed E-state index contributed by atoms with van der Waals surface area (Å²) in [4.78, 5) is 26.1. The quantitative estimate of drug-likeness (QED) is 0.317. The van der Waals surface area contributed by atoms with Crippen molar-refractivity contribution < 1.29 is 28.8 Å². The number of benzene rings is 3. The van der Waals surface area contributed by atoms with Gasteiger partial charge in [0.2, 0.25) is 0 Å². The Bertz CT molecular complexity index is 1280. The highest BCUT2D eigenvalue weighted by Gasteiger charge is 2.20. The Kier molecular flexibility index (Phi) is 6.20. The van der Waals surface area contributed by atoms with Gasteiger partial charge in [-0.2, -0.15) is 0 Å². The highest BCUT2D eigenvalue weighted by atomic mass is 19.1. The molecule has 2 N–H and O–H groups in total. The Morgan fingerprint density at radius 1 is 1.00 bits per heavy atom. The van der Waals surface area contributed by atoms with Crippen LogP contribution in [0.1, 0.15) is 16.1 Å². The smallest absolute Gasteiger partial charge is 0.279 e. The maximum Gasteiger partial charge on any atom is 0.279 e. The zero-order chi connectivity index (χ0) is 22.5. The van der Waals surface area contributed by atoms with Crippen molar-refractivity contribution in [3.05, 3.63) is 83.8 Å². The SMILES string of the molecule is COc1cc(F)ccc1Oc1nc2ccccc2nc1C(=O)Nc1cccc(COO)c1. The van der Waals surface area contributed by atoms with Crippen molar-refractivity contribution in [3.8, 4) is 17.4 Å². The van der Waals surface area contributed by atoms with Gasteiger partial charge in [0.1, 0.15) is 12.4 Å². The molecule has 0 aliphatic heterocycles. The molecule has 1 aromatic heterocycles. The number of hydrogen-bond acceptors (Lipinski definition) is 7. The fraction of sp³-hybridized carbons (Fsp3) is 0.0870. The van der Waals surface area contributed by atoms with Gasteiger partial charge in [0.05, 0.1) is 18.1 Å². The highest BCUT2D eigenvalue weighted by Crippen LogP contribution is 2.33. The summed E-state index contributed by atoms with van der Waals surface area (Å²) in [6.45, 7) is -0.0296. The third-order valence-electron chi connectivity index (χ3n) is 4.50. The number of nitrogens with one attached hydrogen (secondary N) is 1. The summed E-state index contributed by atoms with van der Waals surface area (Å²) in [7, 11) is 1.38. The number of anilines is 1. The van der Waals surface area contributed by atoms with Crippen molar-refractivity contribution in [2.24, 2.45) is 0 Å². The van der Waals surface area contributed by atoms with E-state index in [0.717, 1.165) is 6.07 Å². The van der Waals surface area contributed by atoms with Crippen LogP contribution in [0.5, 0.6) is 17.4 Å². The van der Waals surface area contributed by atoms with Gasteiger partial charge in [-0.3, -0.25) is 10.1 Å². The molecule has 1 amide bonds. The highest BCUT2D eigenvalue weighted by molar-refractivity contribution is 6.05. The Morgan fingerprint density at radius 3 is 2.53 bits per heavy atom. The van der Waals surface area contributed by atoms with Gasteiger partial charge in [-0.15, -0.1) is 0 Å². The molecular weight excluding hydrogens is 417 g/mol. The molecule has 3 aromatic carbocycles. The van der Waals surface area contributed by atoms with Gasteiger partial charge >= 0.3 is 0 Å². The fourth-order valence-electron chi connectivity index (χ4n) is 3.04. The maximum absolute atomic E-state index is 13.6. The molecule has 0 unspecified atom stereocenters. The number of nitrogens with zero attached hydrogens (tertiary/aromatic N) is 2. The molecule has 0 bridgehead atoms. The molecule has 1 heterocycles. The number of amides is 1. The van der Waals surface area contributed by atoms with Crippen molar-refractivity contribution in [2.45, 2.75) is 6.61 Å². The molecule has 0 atom stereocenters. The number of ether oxygens (including phenoxy) is 2. The molecule has 0 saturated heterocycles. The van der Waals surface area contributed by atoms with E-state index < -0.39 is 11.7 Å². The fourth-order valence-corrected chi connectivity index (χ4v) is 3.04. The minimum absolute atomic E-state index is 0.0296. The first kappa shape index (κ1) is 21.2. The second-order valence-corrected chi connectivity index (χ2v) is 6.69. The largest absolute Gasteiger partial charge is 0.493 e. The molecule has 8 nitrogen and oxygen atoms in total. The predicted octanol–water partition coefficient (Wildman–Crippen LogP) is 4.81. The minimum Gasteiger partial charge on any atom is -0.493 e. The third-order valence-corrected chi connectivity index (χ3v) is 4.50. The van der Waals surface area contributed by atoms with Crippen LogP contribution < -0.4 is 14.8 Å². The summed E-state index contributed by atoms with van der Waals surface area (Å²) < 4.78 is 24.6. The van der Waals surface area contributed by atoms with Crippen molar-refractivity contribution >= 4 is 22.6 Å². The lowest BCUT2D eigenvalue weighted by molar-refractivity contribution is -0.252. The summed E-state index contributed by atoms with van der Waals surface area (Å²) in [5, 5.41) is 11.4. The summed E-state index contributed by atoms with van der Waals surface area (Å²) in [6.07, 6.45) is 0. The first-order valence-corrected chi connectivity index (χ1v) is 9.52. The molecule has 162 valence electrons. The first-order valence-electron chi connectivity index (χ1n) is 9.52. The number of rotatable bonds is 7. The maximum atomic E-state index is 13.6. The lowest BCUT2D eigenvalue weighted by Gasteiger charge is -2.13. The summed E-state index contributed by atoms with van der Waals surface area (Å²) >= 11 is 0. The zero-order valence-electron chi connectivity index (χ0n) is 16.9. The molecule has 0 aliphatic rings. The van der Waals surface area contributed by atoms with E-state index in [9.17, 15) is 9.18 Å². The van der Waals surface area contributed by atoms with Gasteiger partial charge in [-0.05, 0) is 42.0 Å². The standard InChI is InChI=1S/C23H18FN3O5/c1-30-20-12-15(24)9-10-19(20)32-23-21(26-17-7-2-3-8-18(17)27-23)22(28)25-16-6-4-5-14(11-16)13-31-29/h2-12,29H,13H2,1H3,(H,25,28). The number of para-hydroxylation sites is 2. The van der Waals surface area contributed by atoms with Crippen LogP contribution in [0.4, 0.5) is 10.1 Å². The van der Waals surface area contributed by atoms with Crippen LogP contribution in [0.3, 0.4) is 0 Å². The van der Waals surface area contributed by atoms with Crippen molar-refractivity contribution in [3.63, 3.8) is 0 Å². The number of hydrogen-bond donors (Lipinski definition) is 2. The average Bonchev–Trinajstić information content (AvgIpc) is 2.80. The Hall–Kier alpha value is -4.08. The summed E-state index contributed by atoms with van der Waals surface area (Å²) in [6, 6.07) is 17.5. The van der Waals surface area contributed by atoms with Gasteiger partial charge in [0.15, 0.2) is 17.2 Å². The van der Waals surface area contributed by atoms with E-state index in [1.165, 1.54) is 19.2 Å². The zero-order valence-corrected chi connectivity index (χ0v) is 16.9. The number of carbonyl (C=O) groups excluding carboxylic acids is 1. The lowest BCUT2D eigenvalue weighted by Crippen LogP contribution is -2.16. The lowest BCUT2D eigenvalue weighted by atomic mass is 10.2. The molecule has 0 aliphatic carbocycles. The van der Waals surface area contributed by atoms with Crippen LogP contribution >= 0.6 is 0 Å². The van der Waals surface area contributed by atoms with E-state index in [0.29, 0.717) is 22.3 Å². The van der Waals surface area contributed by atoms with E-state index in [-0.39, 0.29) is 29.7 Å². The molecule has 0 radical (unpaired) electrons. The van der Waals surface area contributed by atoms with E-state index in [2.05, 4.69) is 20.2 Å². The van der Waals surface area contributed by atoms with Crippen LogP contribution in [0.15, 0.2) is 66.7 Å². The van der Waals surface area contributed by atoms with Gasteiger partial charge < -0.3 is 14.8 Å². The monoisotopic (exact) mass is 435 g/mol. The first-order chi connectivity index (χ1) is 15.6. The van der Waals surface area contributed by atoms with Gasteiger partial charge in [0, 0.05) is 11.8 Å². The molecule has 32 heavy (non-hydrogen) atoms. The van der Waals surface area contributed by atoms with Crippen LogP contribution in [-0.4, -0.2) is 28.2 Å². The molecule has 0 spiro atoms. The summed E-state index contributed by atoms with van der Waals surface area (Å²) in [5.74, 6) is -0.816. The molecular formula is C23H18FN3O5. The number of halogens is 1. The van der Waals surface area contributed by atoms with Crippen LogP contribution in [0.25, 0.3) is 11.0 Å². The Balaban J connectivity index is 1.73. The van der Waals surface area contributed by atoms with Gasteiger partial charge in [-0.25, -0.2) is 19.2 Å². The van der Waals surface area contributed by atoms with Gasteiger partial charge in [-0.1, -0.05) is 24.3 Å². The minimum atomic E-state index is -0.568. The van der Waals surface area contributed by atoms with E-state index in [4.69, 9.17) is 14.7 Å². The number of fused-ring (bicyclic) bond motifs is 1. The second-order valence-electron chi connectivity index (χ2n) is 6.69. The van der Waals surface area contributed by atoms with E-state index in [1.54, 1.807) is 48.5 Å². The van der Waals surface area contributed by atoms with Gasteiger partial charge in [0.25, 0.3) is 11.8 Å². The number of methoxy groups -OCH3 is 1. The van der Waals surface area contributed by atoms with E-state index >= 15 is 0 Å². The predicted molar refractivity (Wildman–Crippen MR) is 114 cm³/mol. The normalized spacial score (nSPS) is 10.7. The van der Waals surface area contributed by atoms with Crippen molar-refractivity contribution in [2.75, 3.05) is 12.4 Å². The van der Waals surface area contributed by atoms with Crippen LogP contribution in [0, 0.1) is 5.82 Å². The molecule has 0 saturated carbocycles. The van der Waals surface area contributed by atoms with Crippen molar-refractivity contribution in [1.29, 1.82) is 0 Å². The molecule has 9 heteroatoms. The van der Waals surface area contributed by atoms with Crippen LogP contribution in [0.2, 0.25) is 0 Å². The molecule has 0 fully saturated rings.